The summed E-state index contributed by atoms with van der Waals surface area (Å²) in [5, 5.41) is 5.05. The molecule has 0 aromatic rings. The molecule has 6 heteroatoms. The van der Waals surface area contributed by atoms with Crippen LogP contribution in [0.2, 0.25) is 0 Å². The van der Waals surface area contributed by atoms with Gasteiger partial charge in [-0.1, -0.05) is 96.8 Å². The minimum absolute atomic E-state index is 0. The summed E-state index contributed by atoms with van der Waals surface area (Å²) in [4.78, 5) is 24.0. The fourth-order valence-electron chi connectivity index (χ4n) is 4.92. The predicted molar refractivity (Wildman–Crippen MR) is 140 cm³/mol. The maximum Gasteiger partial charge on any atom is 0.267 e. The van der Waals surface area contributed by atoms with Gasteiger partial charge in [0.15, 0.2) is 0 Å². The van der Waals surface area contributed by atoms with Crippen LogP contribution in [-0.2, 0) is 9.59 Å². The van der Waals surface area contributed by atoms with E-state index in [1.807, 2.05) is 5.01 Å². The highest BCUT2D eigenvalue weighted by atomic mass is 35.5. The summed E-state index contributed by atoms with van der Waals surface area (Å²) in [6.07, 6.45) is 24.6. The topological polar surface area (TPSA) is 49.4 Å². The number of rotatable bonds is 22. The fourth-order valence-corrected chi connectivity index (χ4v) is 4.92. The Labute approximate surface area is 217 Å². The first-order valence-corrected chi connectivity index (χ1v) is 14.4. The third-order valence-corrected chi connectivity index (χ3v) is 7.16. The Morgan fingerprint density at radius 3 is 1.76 bits per heavy atom. The second-order valence-corrected chi connectivity index (χ2v) is 10.7. The monoisotopic (exact) mass is 501 g/mol. The molecule has 5 nitrogen and oxygen atoms in total. The lowest BCUT2D eigenvalue weighted by molar-refractivity contribution is -0.989. The van der Waals surface area contributed by atoms with Gasteiger partial charge in [0.25, 0.3) is 5.91 Å². The van der Waals surface area contributed by atoms with Crippen LogP contribution < -0.4 is 17.7 Å². The smallest absolute Gasteiger partial charge is 0.267 e. The SMILES string of the molecule is CCCCCCCCCCCCCCCCCC(=O)NCCCC[N+](C)(C)N1CCCC1=O.[Cl-]. The lowest BCUT2D eigenvalue weighted by atomic mass is 10.0. The molecule has 0 aromatic carbocycles. The van der Waals surface area contributed by atoms with Gasteiger partial charge in [0, 0.05) is 25.8 Å². The molecule has 0 aliphatic carbocycles. The van der Waals surface area contributed by atoms with E-state index >= 15 is 0 Å². The van der Waals surface area contributed by atoms with E-state index in [2.05, 4.69) is 26.3 Å². The van der Waals surface area contributed by atoms with Crippen LogP contribution in [0.3, 0.4) is 0 Å². The van der Waals surface area contributed by atoms with Crippen molar-refractivity contribution >= 4 is 11.8 Å². The number of halogens is 1. The van der Waals surface area contributed by atoms with Crippen LogP contribution >= 0.6 is 0 Å². The molecule has 0 spiro atoms. The van der Waals surface area contributed by atoms with Gasteiger partial charge in [0.1, 0.15) is 6.54 Å². The van der Waals surface area contributed by atoms with Gasteiger partial charge in [-0.25, -0.2) is 4.59 Å². The van der Waals surface area contributed by atoms with Gasteiger partial charge in [-0.05, 0) is 19.3 Å². The Morgan fingerprint density at radius 1 is 0.794 bits per heavy atom. The van der Waals surface area contributed by atoms with E-state index in [1.165, 1.54) is 89.9 Å². The van der Waals surface area contributed by atoms with Crippen molar-refractivity contribution in [1.82, 2.24) is 10.3 Å². The fraction of sp³-hybridized carbons (Fsp3) is 0.929. The van der Waals surface area contributed by atoms with E-state index < -0.39 is 0 Å². The third-order valence-electron chi connectivity index (χ3n) is 7.16. The Morgan fingerprint density at radius 2 is 1.29 bits per heavy atom. The number of hydrogen-bond acceptors (Lipinski definition) is 2. The maximum atomic E-state index is 12.0. The molecule has 1 heterocycles. The van der Waals surface area contributed by atoms with Gasteiger partial charge in [-0.15, -0.1) is 0 Å². The van der Waals surface area contributed by atoms with Gasteiger partial charge in [0.05, 0.1) is 20.6 Å². The molecule has 0 unspecified atom stereocenters. The molecule has 34 heavy (non-hydrogen) atoms. The number of quaternary nitrogens is 1. The minimum Gasteiger partial charge on any atom is -1.00 e. The van der Waals surface area contributed by atoms with E-state index in [9.17, 15) is 9.59 Å². The number of hydrogen-bond donors (Lipinski definition) is 1. The van der Waals surface area contributed by atoms with Gasteiger partial charge in [0.2, 0.25) is 5.91 Å². The average Bonchev–Trinajstić information content (AvgIpc) is 3.23. The van der Waals surface area contributed by atoms with Crippen LogP contribution in [0, 0.1) is 0 Å². The number of carbonyl (C=O) groups is 2. The van der Waals surface area contributed by atoms with Crippen molar-refractivity contribution in [3.05, 3.63) is 0 Å². The Kier molecular flexibility index (Phi) is 21.0. The molecule has 1 N–H and O–H groups in total. The highest BCUT2D eigenvalue weighted by Crippen LogP contribution is 2.18. The van der Waals surface area contributed by atoms with Gasteiger partial charge in [-0.3, -0.25) is 9.59 Å². The number of nitrogens with zero attached hydrogens (tertiary/aromatic N) is 2. The second kappa shape index (κ2) is 21.5. The number of carbonyl (C=O) groups excluding carboxylic acids is 2. The van der Waals surface area contributed by atoms with Crippen molar-refractivity contribution in [1.29, 1.82) is 0 Å². The lowest BCUT2D eigenvalue weighted by Crippen LogP contribution is -3.00. The molecule has 202 valence electrons. The van der Waals surface area contributed by atoms with Crippen LogP contribution in [0.4, 0.5) is 0 Å². The second-order valence-electron chi connectivity index (χ2n) is 10.7. The maximum absolute atomic E-state index is 12.0. The van der Waals surface area contributed by atoms with E-state index in [1.54, 1.807) is 0 Å². The molecule has 0 aromatic heterocycles. The van der Waals surface area contributed by atoms with Crippen LogP contribution in [0.15, 0.2) is 0 Å². The largest absolute Gasteiger partial charge is 1.00 e. The molecule has 1 fully saturated rings. The first kappa shape index (κ1) is 33.2. The highest BCUT2D eigenvalue weighted by Gasteiger charge is 2.33. The standard InChI is InChI=1S/C28H55N3O2.ClH/c1-4-5-6-7-8-9-10-11-12-13-14-15-16-17-18-22-27(32)29-24-19-20-26-31(2,3)30-25-21-23-28(30)33;/h4-26H2,1-3H3;1H. The molecule has 0 bridgehead atoms. The highest BCUT2D eigenvalue weighted by molar-refractivity contribution is 5.76. The van der Waals surface area contributed by atoms with Crippen molar-refractivity contribution in [2.45, 2.75) is 135 Å². The first-order valence-electron chi connectivity index (χ1n) is 14.4. The zero-order valence-corrected chi connectivity index (χ0v) is 23.6. The Bertz CT molecular complexity index is 514. The lowest BCUT2D eigenvalue weighted by Gasteiger charge is -2.37. The molecule has 0 radical (unpaired) electrons. The molecular weight excluding hydrogens is 446 g/mol. The van der Waals surface area contributed by atoms with Gasteiger partial charge < -0.3 is 17.7 Å². The zero-order valence-electron chi connectivity index (χ0n) is 22.9. The molecule has 0 atom stereocenters. The normalized spacial score (nSPS) is 13.9. The van der Waals surface area contributed by atoms with Gasteiger partial charge >= 0.3 is 0 Å². The molecule has 1 aliphatic heterocycles. The van der Waals surface area contributed by atoms with E-state index in [0.29, 0.717) is 17.4 Å². The Hall–Kier alpha value is -0.810. The first-order chi connectivity index (χ1) is 16.0. The van der Waals surface area contributed by atoms with Crippen LogP contribution in [0.25, 0.3) is 0 Å². The summed E-state index contributed by atoms with van der Waals surface area (Å²) in [7, 11) is 4.22. The minimum atomic E-state index is 0. The average molecular weight is 502 g/mol. The summed E-state index contributed by atoms with van der Waals surface area (Å²) in [6, 6.07) is 0. The third kappa shape index (κ3) is 16.8. The quantitative estimate of drug-likeness (QED) is 0.181. The van der Waals surface area contributed by atoms with Crippen LogP contribution in [0.1, 0.15) is 135 Å². The van der Waals surface area contributed by atoms with E-state index in [0.717, 1.165) is 45.3 Å². The summed E-state index contributed by atoms with van der Waals surface area (Å²) in [5.74, 6) is 0.477. The summed E-state index contributed by atoms with van der Waals surface area (Å²) in [6.45, 7) is 4.86. The molecule has 1 saturated heterocycles. The molecular formula is C28H56ClN3O2. The van der Waals surface area contributed by atoms with Crippen LogP contribution in [0.5, 0.6) is 0 Å². The summed E-state index contributed by atoms with van der Waals surface area (Å²) in [5.41, 5.74) is 0. The molecule has 1 aliphatic rings. The van der Waals surface area contributed by atoms with Crippen LogP contribution in [-0.4, -0.2) is 55.1 Å². The summed E-state index contributed by atoms with van der Waals surface area (Å²) < 4.78 is 0.645. The van der Waals surface area contributed by atoms with Crippen molar-refractivity contribution in [3.63, 3.8) is 0 Å². The van der Waals surface area contributed by atoms with Crippen molar-refractivity contribution in [2.75, 3.05) is 33.7 Å². The molecule has 1 rings (SSSR count). The van der Waals surface area contributed by atoms with Crippen molar-refractivity contribution in [2.24, 2.45) is 0 Å². The molecule has 0 saturated carbocycles. The molecule has 2 amide bonds. The number of nitrogens with one attached hydrogen (secondary N) is 1. The number of unbranched alkanes of at least 4 members (excludes halogenated alkanes) is 15. The van der Waals surface area contributed by atoms with E-state index in [-0.39, 0.29) is 24.2 Å². The van der Waals surface area contributed by atoms with Crippen molar-refractivity contribution in [3.8, 4) is 0 Å². The summed E-state index contributed by atoms with van der Waals surface area (Å²) >= 11 is 0. The zero-order chi connectivity index (χ0) is 24.2. The van der Waals surface area contributed by atoms with Gasteiger partial charge in [-0.2, -0.15) is 5.01 Å². The predicted octanol–water partition coefficient (Wildman–Crippen LogP) is 3.76. The number of amides is 2. The van der Waals surface area contributed by atoms with E-state index in [4.69, 9.17) is 0 Å². The van der Waals surface area contributed by atoms with Crippen molar-refractivity contribution < 1.29 is 26.6 Å². The Balaban J connectivity index is 0.0000109.